The lowest BCUT2D eigenvalue weighted by Gasteiger charge is -2.22. The van der Waals surface area contributed by atoms with E-state index < -0.39 is 40.5 Å². The van der Waals surface area contributed by atoms with Gasteiger partial charge in [-0.15, -0.1) is 0 Å². The molecule has 1 heterocycles. The van der Waals surface area contributed by atoms with Crippen molar-refractivity contribution in [1.29, 1.82) is 0 Å². The molecule has 3 N–H and O–H groups in total. The second kappa shape index (κ2) is 10.5. The molecular formula is C24H27BN2O6S. The molecule has 178 valence electrons. The molecule has 0 saturated heterocycles. The van der Waals surface area contributed by atoms with Crippen molar-refractivity contribution in [3.05, 3.63) is 72.8 Å². The molecule has 0 radical (unpaired) electrons. The maximum absolute atomic E-state index is 13.2. The van der Waals surface area contributed by atoms with Crippen LogP contribution in [0.4, 0.5) is 0 Å². The normalized spacial score (nSPS) is 15.5. The summed E-state index contributed by atoms with van der Waals surface area (Å²) < 4.78 is 31.7. The average Bonchev–Trinajstić information content (AvgIpc) is 3.47. The van der Waals surface area contributed by atoms with Crippen LogP contribution in [-0.2, 0) is 21.1 Å². The van der Waals surface area contributed by atoms with Crippen LogP contribution in [0, 0.1) is 11.8 Å². The molecule has 3 aromatic rings. The third-order valence-corrected chi connectivity index (χ3v) is 7.85. The summed E-state index contributed by atoms with van der Waals surface area (Å²) >= 11 is 0. The second-order valence-corrected chi connectivity index (χ2v) is 10.8. The van der Waals surface area contributed by atoms with Gasteiger partial charge in [0.25, 0.3) is 0 Å². The van der Waals surface area contributed by atoms with Crippen LogP contribution >= 0.6 is 0 Å². The third-order valence-electron chi connectivity index (χ3n) is 6.02. The van der Waals surface area contributed by atoms with E-state index in [1.807, 2.05) is 30.3 Å². The van der Waals surface area contributed by atoms with Gasteiger partial charge in [-0.3, -0.25) is 4.79 Å². The molecule has 0 aliphatic heterocycles. The summed E-state index contributed by atoms with van der Waals surface area (Å²) in [6, 6.07) is 15.4. The van der Waals surface area contributed by atoms with Gasteiger partial charge < -0.3 is 19.8 Å². The number of hydrogen-bond donors (Lipinski definition) is 3. The van der Waals surface area contributed by atoms with E-state index >= 15 is 0 Å². The summed E-state index contributed by atoms with van der Waals surface area (Å²) in [4.78, 5) is 17.1. The van der Waals surface area contributed by atoms with Crippen LogP contribution in [0.15, 0.2) is 76.5 Å². The number of amides is 1. The first-order chi connectivity index (χ1) is 16.3. The number of aromatic nitrogens is 1. The lowest BCUT2D eigenvalue weighted by molar-refractivity contribution is -0.124. The Morgan fingerprint density at radius 1 is 1.12 bits per heavy atom. The molecule has 0 spiro atoms. The van der Waals surface area contributed by atoms with Gasteiger partial charge in [0.1, 0.15) is 0 Å². The standard InChI is InChI=1S/C24H27BN2O6S/c28-24(27-23(25(29)30)13-18-6-7-18)20(12-17-4-2-1-3-5-17)15-34(31,32)21-10-8-19(9-11-21)22-14-26-16-33-22/h1-5,8-11,14,16,18,20,23,29-30H,6-7,12-13,15H2,(H,27,28)/t20-,23+/m1/s1. The van der Waals surface area contributed by atoms with Gasteiger partial charge in [-0.25, -0.2) is 13.4 Å². The Labute approximate surface area is 199 Å². The van der Waals surface area contributed by atoms with Gasteiger partial charge in [0.2, 0.25) is 5.91 Å². The number of nitrogens with zero attached hydrogens (tertiary/aromatic N) is 1. The molecule has 0 bridgehead atoms. The second-order valence-electron chi connectivity index (χ2n) is 8.77. The first-order valence-corrected chi connectivity index (χ1v) is 12.9. The molecule has 10 heteroatoms. The van der Waals surface area contributed by atoms with E-state index in [2.05, 4.69) is 10.3 Å². The average molecular weight is 482 g/mol. The van der Waals surface area contributed by atoms with Crippen LogP contribution in [0.2, 0.25) is 0 Å². The largest absolute Gasteiger partial charge is 0.475 e. The van der Waals surface area contributed by atoms with Gasteiger partial charge in [-0.1, -0.05) is 43.2 Å². The fourth-order valence-corrected chi connectivity index (χ4v) is 5.48. The number of sulfone groups is 1. The quantitative estimate of drug-likeness (QED) is 0.358. The minimum absolute atomic E-state index is 0.0957. The molecular weight excluding hydrogens is 455 g/mol. The number of nitrogens with one attached hydrogen (secondary N) is 1. The van der Waals surface area contributed by atoms with E-state index in [1.54, 1.807) is 12.1 Å². The van der Waals surface area contributed by atoms with Crippen LogP contribution in [0.25, 0.3) is 11.3 Å². The van der Waals surface area contributed by atoms with Crippen LogP contribution in [0.5, 0.6) is 0 Å². The van der Waals surface area contributed by atoms with Crippen molar-refractivity contribution in [2.45, 2.75) is 36.5 Å². The van der Waals surface area contributed by atoms with E-state index in [-0.39, 0.29) is 11.3 Å². The first kappa shape index (κ1) is 24.2. The molecule has 34 heavy (non-hydrogen) atoms. The lowest BCUT2D eigenvalue weighted by atomic mass is 9.76. The Bertz CT molecular complexity index is 1180. The Hall–Kier alpha value is -2.95. The number of hydrogen-bond acceptors (Lipinski definition) is 7. The molecule has 1 aromatic heterocycles. The Kier molecular flexibility index (Phi) is 7.50. The molecule has 1 fully saturated rings. The molecule has 2 atom stereocenters. The predicted molar refractivity (Wildman–Crippen MR) is 127 cm³/mol. The Morgan fingerprint density at radius 2 is 1.82 bits per heavy atom. The van der Waals surface area contributed by atoms with Gasteiger partial charge >= 0.3 is 7.12 Å². The third kappa shape index (κ3) is 6.34. The number of benzene rings is 2. The zero-order valence-corrected chi connectivity index (χ0v) is 19.4. The van der Waals surface area contributed by atoms with E-state index in [1.165, 1.54) is 24.7 Å². The summed E-state index contributed by atoms with van der Waals surface area (Å²) in [6.45, 7) is 0. The van der Waals surface area contributed by atoms with Gasteiger partial charge in [-0.2, -0.15) is 0 Å². The lowest BCUT2D eigenvalue weighted by Crippen LogP contribution is -2.50. The zero-order chi connectivity index (χ0) is 24.1. The minimum Gasteiger partial charge on any atom is -0.444 e. The van der Waals surface area contributed by atoms with Crippen molar-refractivity contribution in [1.82, 2.24) is 10.3 Å². The van der Waals surface area contributed by atoms with Crippen molar-refractivity contribution in [3.8, 4) is 11.3 Å². The molecule has 1 aliphatic rings. The smallest absolute Gasteiger partial charge is 0.444 e. The number of carbonyl (C=O) groups excluding carboxylic acids is 1. The Morgan fingerprint density at radius 3 is 2.41 bits per heavy atom. The first-order valence-electron chi connectivity index (χ1n) is 11.2. The molecule has 1 aliphatic carbocycles. The van der Waals surface area contributed by atoms with Crippen LogP contribution in [0.1, 0.15) is 24.8 Å². The monoisotopic (exact) mass is 482 g/mol. The van der Waals surface area contributed by atoms with E-state index in [4.69, 9.17) is 4.42 Å². The fourth-order valence-electron chi connectivity index (χ4n) is 3.94. The number of oxazole rings is 1. The summed E-state index contributed by atoms with van der Waals surface area (Å²) in [5.41, 5.74) is 1.51. The topological polar surface area (TPSA) is 130 Å². The maximum Gasteiger partial charge on any atom is 0.475 e. The van der Waals surface area contributed by atoms with Crippen LogP contribution < -0.4 is 5.32 Å². The Balaban J connectivity index is 1.53. The minimum atomic E-state index is -3.81. The molecule has 4 rings (SSSR count). The highest BCUT2D eigenvalue weighted by atomic mass is 32.2. The van der Waals surface area contributed by atoms with Crippen molar-refractivity contribution in [3.63, 3.8) is 0 Å². The number of rotatable bonds is 11. The van der Waals surface area contributed by atoms with E-state index in [0.717, 1.165) is 18.4 Å². The van der Waals surface area contributed by atoms with Crippen LogP contribution in [-0.4, -0.2) is 48.2 Å². The highest BCUT2D eigenvalue weighted by Crippen LogP contribution is 2.33. The molecule has 1 saturated carbocycles. The number of carbonyl (C=O) groups is 1. The molecule has 0 unspecified atom stereocenters. The molecule has 8 nitrogen and oxygen atoms in total. The molecule has 2 aromatic carbocycles. The van der Waals surface area contributed by atoms with Gasteiger partial charge in [0.05, 0.1) is 28.7 Å². The fraction of sp³-hybridized carbons (Fsp3) is 0.333. The summed E-state index contributed by atoms with van der Waals surface area (Å²) in [6.07, 6.45) is 5.48. The van der Waals surface area contributed by atoms with Gasteiger partial charge in [-0.05, 0) is 48.6 Å². The van der Waals surface area contributed by atoms with Gasteiger partial charge in [0, 0.05) is 5.56 Å². The SMILES string of the molecule is O=C(N[C@@H](CC1CC1)B(O)O)[C@H](Cc1ccccc1)CS(=O)(=O)c1ccc(-c2cnco2)cc1. The highest BCUT2D eigenvalue weighted by molar-refractivity contribution is 7.91. The van der Waals surface area contributed by atoms with Crippen molar-refractivity contribution in [2.24, 2.45) is 11.8 Å². The van der Waals surface area contributed by atoms with E-state index in [0.29, 0.717) is 23.7 Å². The van der Waals surface area contributed by atoms with Crippen molar-refractivity contribution >= 4 is 22.9 Å². The van der Waals surface area contributed by atoms with Crippen molar-refractivity contribution < 1.29 is 27.7 Å². The van der Waals surface area contributed by atoms with Crippen LogP contribution in [0.3, 0.4) is 0 Å². The van der Waals surface area contributed by atoms with Gasteiger partial charge in [0.15, 0.2) is 22.0 Å². The summed E-state index contributed by atoms with van der Waals surface area (Å²) in [5.74, 6) is -1.78. The van der Waals surface area contributed by atoms with Crippen molar-refractivity contribution in [2.75, 3.05) is 5.75 Å². The summed E-state index contributed by atoms with van der Waals surface area (Å²) in [7, 11) is -5.52. The summed E-state index contributed by atoms with van der Waals surface area (Å²) in [5, 5.41) is 22.2. The zero-order valence-electron chi connectivity index (χ0n) is 18.6. The van der Waals surface area contributed by atoms with E-state index in [9.17, 15) is 23.3 Å². The molecule has 1 amide bonds. The maximum atomic E-state index is 13.2. The highest BCUT2D eigenvalue weighted by Gasteiger charge is 2.35. The predicted octanol–water partition coefficient (Wildman–Crippen LogP) is 2.27.